The first kappa shape index (κ1) is 7.66. The molecular formula is C7H11NOS. The van der Waals surface area contributed by atoms with E-state index in [-0.39, 0.29) is 11.8 Å². The molecule has 1 N–H and O–H groups in total. The second-order valence-electron chi connectivity index (χ2n) is 2.89. The lowest BCUT2D eigenvalue weighted by molar-refractivity contribution is -0.124. The molecule has 0 aromatic heterocycles. The summed E-state index contributed by atoms with van der Waals surface area (Å²) in [5.41, 5.74) is 0. The molecule has 0 aliphatic carbocycles. The Morgan fingerprint density at radius 2 is 2.10 bits per heavy atom. The van der Waals surface area contributed by atoms with Crippen molar-refractivity contribution in [2.24, 2.45) is 11.8 Å². The zero-order valence-electron chi connectivity index (χ0n) is 6.18. The van der Waals surface area contributed by atoms with Crippen LogP contribution in [0.15, 0.2) is 0 Å². The highest BCUT2D eigenvalue weighted by Gasteiger charge is 2.25. The molecule has 1 aliphatic rings. The second-order valence-corrected chi connectivity index (χ2v) is 3.33. The molecule has 0 spiro atoms. The van der Waals surface area contributed by atoms with E-state index in [4.69, 9.17) is 12.2 Å². The summed E-state index contributed by atoms with van der Waals surface area (Å²) in [5.74, 6) is 0.563. The maximum Gasteiger partial charge on any atom is 0.227 e. The first-order valence-corrected chi connectivity index (χ1v) is 3.87. The third-order valence-corrected chi connectivity index (χ3v) is 2.35. The molecule has 1 aliphatic heterocycles. The van der Waals surface area contributed by atoms with Gasteiger partial charge in [0.15, 0.2) is 0 Å². The zero-order chi connectivity index (χ0) is 7.72. The molecule has 0 unspecified atom stereocenters. The van der Waals surface area contributed by atoms with Crippen molar-refractivity contribution in [1.29, 1.82) is 0 Å². The van der Waals surface area contributed by atoms with Crippen LogP contribution in [-0.4, -0.2) is 10.9 Å². The van der Waals surface area contributed by atoms with Crippen LogP contribution in [0.4, 0.5) is 0 Å². The summed E-state index contributed by atoms with van der Waals surface area (Å²) in [6.45, 7) is 3.96. The lowest BCUT2D eigenvalue weighted by Crippen LogP contribution is -2.43. The standard InChI is InChI=1S/C7H11NOS/c1-4-3-5(2)7(10)8-6(4)9/h4-5H,3H2,1-2H3,(H,8,9,10)/t4-,5+/m0/s1. The molecule has 1 fully saturated rings. The molecule has 2 atom stereocenters. The van der Waals surface area contributed by atoms with Crippen LogP contribution in [0.25, 0.3) is 0 Å². The van der Waals surface area contributed by atoms with Crippen molar-refractivity contribution in [3.05, 3.63) is 0 Å². The molecular weight excluding hydrogens is 146 g/mol. The van der Waals surface area contributed by atoms with E-state index < -0.39 is 0 Å². The molecule has 0 radical (unpaired) electrons. The predicted octanol–water partition coefficient (Wildman–Crippen LogP) is 1.11. The van der Waals surface area contributed by atoms with Crippen molar-refractivity contribution >= 4 is 23.1 Å². The maximum absolute atomic E-state index is 11.0. The Morgan fingerprint density at radius 1 is 1.50 bits per heavy atom. The van der Waals surface area contributed by atoms with E-state index in [0.717, 1.165) is 6.42 Å². The van der Waals surface area contributed by atoms with Crippen molar-refractivity contribution in [3.8, 4) is 0 Å². The molecule has 0 bridgehead atoms. The monoisotopic (exact) mass is 157 g/mol. The van der Waals surface area contributed by atoms with Gasteiger partial charge in [0, 0.05) is 11.8 Å². The topological polar surface area (TPSA) is 29.1 Å². The molecule has 1 rings (SSSR count). The zero-order valence-corrected chi connectivity index (χ0v) is 6.99. The number of rotatable bonds is 0. The summed E-state index contributed by atoms with van der Waals surface area (Å²) in [7, 11) is 0. The average Bonchev–Trinajstić information content (AvgIpc) is 1.84. The summed E-state index contributed by atoms with van der Waals surface area (Å²) in [5, 5.41) is 2.67. The van der Waals surface area contributed by atoms with Crippen LogP contribution in [0.2, 0.25) is 0 Å². The van der Waals surface area contributed by atoms with Gasteiger partial charge in [-0.1, -0.05) is 26.1 Å². The Balaban J connectivity index is 2.63. The van der Waals surface area contributed by atoms with Crippen LogP contribution >= 0.6 is 12.2 Å². The number of hydrogen-bond donors (Lipinski definition) is 1. The first-order valence-electron chi connectivity index (χ1n) is 3.46. The van der Waals surface area contributed by atoms with Gasteiger partial charge in [-0.3, -0.25) is 4.79 Å². The molecule has 2 nitrogen and oxygen atoms in total. The minimum Gasteiger partial charge on any atom is -0.320 e. The van der Waals surface area contributed by atoms with E-state index in [9.17, 15) is 4.79 Å². The number of carbonyl (C=O) groups is 1. The highest BCUT2D eigenvalue weighted by atomic mass is 32.1. The van der Waals surface area contributed by atoms with E-state index >= 15 is 0 Å². The Hall–Kier alpha value is -0.440. The number of amides is 1. The molecule has 3 heteroatoms. The Labute approximate surface area is 66.0 Å². The van der Waals surface area contributed by atoms with Crippen molar-refractivity contribution in [2.45, 2.75) is 20.3 Å². The van der Waals surface area contributed by atoms with Crippen LogP contribution in [0.5, 0.6) is 0 Å². The highest BCUT2D eigenvalue weighted by Crippen LogP contribution is 2.17. The normalized spacial score (nSPS) is 33.8. The van der Waals surface area contributed by atoms with Gasteiger partial charge in [-0.05, 0) is 6.42 Å². The molecule has 56 valence electrons. The minimum atomic E-state index is 0.0723. The molecule has 1 heterocycles. The van der Waals surface area contributed by atoms with Crippen LogP contribution in [0.3, 0.4) is 0 Å². The Bertz CT molecular complexity index is 160. The summed E-state index contributed by atoms with van der Waals surface area (Å²) < 4.78 is 0. The molecule has 1 saturated heterocycles. The molecule has 0 saturated carbocycles. The van der Waals surface area contributed by atoms with E-state index in [2.05, 4.69) is 5.32 Å². The molecule has 0 aromatic rings. The minimum absolute atomic E-state index is 0.0723. The van der Waals surface area contributed by atoms with Crippen molar-refractivity contribution in [3.63, 3.8) is 0 Å². The Kier molecular flexibility index (Phi) is 2.04. The molecule has 10 heavy (non-hydrogen) atoms. The first-order chi connectivity index (χ1) is 4.61. The maximum atomic E-state index is 11.0. The number of piperidine rings is 1. The number of hydrogen-bond acceptors (Lipinski definition) is 2. The largest absolute Gasteiger partial charge is 0.320 e. The fourth-order valence-corrected chi connectivity index (χ4v) is 1.31. The fourth-order valence-electron chi connectivity index (χ4n) is 1.11. The van der Waals surface area contributed by atoms with Gasteiger partial charge < -0.3 is 5.32 Å². The second kappa shape index (κ2) is 2.66. The third-order valence-electron chi connectivity index (χ3n) is 1.85. The van der Waals surface area contributed by atoms with Crippen molar-refractivity contribution in [2.75, 3.05) is 0 Å². The van der Waals surface area contributed by atoms with Crippen molar-refractivity contribution < 1.29 is 4.79 Å². The predicted molar refractivity (Wildman–Crippen MR) is 43.7 cm³/mol. The average molecular weight is 157 g/mol. The van der Waals surface area contributed by atoms with E-state index in [1.165, 1.54) is 0 Å². The summed E-state index contributed by atoms with van der Waals surface area (Å²) in [6, 6.07) is 0. The molecule has 0 aromatic carbocycles. The number of nitrogens with one attached hydrogen (secondary N) is 1. The van der Waals surface area contributed by atoms with E-state index in [1.807, 2.05) is 13.8 Å². The summed E-state index contributed by atoms with van der Waals surface area (Å²) >= 11 is 4.93. The number of carbonyl (C=O) groups excluding carboxylic acids is 1. The van der Waals surface area contributed by atoms with Gasteiger partial charge in [-0.25, -0.2) is 0 Å². The summed E-state index contributed by atoms with van der Waals surface area (Å²) in [6.07, 6.45) is 0.894. The van der Waals surface area contributed by atoms with Crippen molar-refractivity contribution in [1.82, 2.24) is 5.32 Å². The van der Waals surface area contributed by atoms with Gasteiger partial charge in [0.1, 0.15) is 0 Å². The van der Waals surface area contributed by atoms with Gasteiger partial charge in [0.2, 0.25) is 5.91 Å². The smallest absolute Gasteiger partial charge is 0.227 e. The van der Waals surface area contributed by atoms with Crippen LogP contribution in [0.1, 0.15) is 20.3 Å². The lowest BCUT2D eigenvalue weighted by Gasteiger charge is -2.24. The van der Waals surface area contributed by atoms with Gasteiger partial charge >= 0.3 is 0 Å². The van der Waals surface area contributed by atoms with E-state index in [0.29, 0.717) is 10.9 Å². The van der Waals surface area contributed by atoms with Gasteiger partial charge in [-0.2, -0.15) is 0 Å². The van der Waals surface area contributed by atoms with Crippen LogP contribution in [-0.2, 0) is 4.79 Å². The quantitative estimate of drug-likeness (QED) is 0.534. The van der Waals surface area contributed by atoms with E-state index in [1.54, 1.807) is 0 Å². The highest BCUT2D eigenvalue weighted by molar-refractivity contribution is 7.80. The number of thiocarbonyl (C=S) groups is 1. The Morgan fingerprint density at radius 3 is 2.60 bits per heavy atom. The fraction of sp³-hybridized carbons (Fsp3) is 0.714. The summed E-state index contributed by atoms with van der Waals surface area (Å²) in [4.78, 5) is 11.6. The van der Waals surface area contributed by atoms with Gasteiger partial charge in [-0.15, -0.1) is 0 Å². The third kappa shape index (κ3) is 1.34. The van der Waals surface area contributed by atoms with Crippen LogP contribution in [0, 0.1) is 11.8 Å². The van der Waals surface area contributed by atoms with Gasteiger partial charge in [0.05, 0.1) is 4.99 Å². The lowest BCUT2D eigenvalue weighted by atomic mass is 9.93. The van der Waals surface area contributed by atoms with Crippen LogP contribution < -0.4 is 5.32 Å². The SMILES string of the molecule is C[C@@H]1C[C@H](C)C(=O)NC1=S. The molecule has 1 amide bonds. The van der Waals surface area contributed by atoms with Gasteiger partial charge in [0.25, 0.3) is 0 Å².